The SMILES string of the molecule is CC1(C)c2ccccc2-c2c(N(c3ccc(-c4ccccc4)cc3)c3cccc(N(c4cccc(-c5ccccc5)c4)c4cccc(C5(c6ccccc6)c6ccccc6-c6ccccc65)c4)c3)cccc21. The fourth-order valence-electron chi connectivity index (χ4n) is 12.0. The van der Waals surface area contributed by atoms with Gasteiger partial charge in [-0.3, -0.25) is 0 Å². The number of anilines is 6. The summed E-state index contributed by atoms with van der Waals surface area (Å²) in [6, 6.07) is 103. The van der Waals surface area contributed by atoms with Gasteiger partial charge in [0.2, 0.25) is 0 Å². The molecule has 0 saturated carbocycles. The minimum atomic E-state index is -0.551. The van der Waals surface area contributed by atoms with E-state index in [0.29, 0.717) is 0 Å². The second kappa shape index (κ2) is 17.5. The van der Waals surface area contributed by atoms with Crippen molar-refractivity contribution in [3.63, 3.8) is 0 Å². The van der Waals surface area contributed by atoms with Crippen LogP contribution in [0.2, 0.25) is 0 Å². The lowest BCUT2D eigenvalue weighted by Gasteiger charge is -2.35. The summed E-state index contributed by atoms with van der Waals surface area (Å²) in [5.74, 6) is 0. The molecule has 0 heterocycles. The first-order valence-electron chi connectivity index (χ1n) is 25.1. The lowest BCUT2D eigenvalue weighted by Crippen LogP contribution is -2.28. The first kappa shape index (κ1) is 43.1. The Morgan fingerprint density at radius 3 is 1.35 bits per heavy atom. The molecule has 0 aromatic heterocycles. The van der Waals surface area contributed by atoms with Crippen molar-refractivity contribution in [2.45, 2.75) is 24.7 Å². The van der Waals surface area contributed by atoms with Gasteiger partial charge in [-0.05, 0) is 133 Å². The highest BCUT2D eigenvalue weighted by atomic mass is 15.2. The molecule has 0 aliphatic heterocycles. The van der Waals surface area contributed by atoms with Gasteiger partial charge in [-0.15, -0.1) is 0 Å². The van der Waals surface area contributed by atoms with Crippen LogP contribution in [0.4, 0.5) is 34.1 Å². The molecule has 0 spiro atoms. The molecule has 13 rings (SSSR count). The Balaban J connectivity index is 1.03. The summed E-state index contributed by atoms with van der Waals surface area (Å²) in [6.45, 7) is 4.72. The molecule has 0 atom stereocenters. The number of hydrogen-bond donors (Lipinski definition) is 0. The molecular weight excluding hydrogens is 869 g/mol. The maximum atomic E-state index is 2.47. The van der Waals surface area contributed by atoms with Crippen molar-refractivity contribution in [3.05, 3.63) is 312 Å². The van der Waals surface area contributed by atoms with Crippen molar-refractivity contribution in [3.8, 4) is 44.5 Å². The Kier molecular flexibility index (Phi) is 10.4. The van der Waals surface area contributed by atoms with E-state index in [0.717, 1.165) is 39.7 Å². The highest BCUT2D eigenvalue weighted by molar-refractivity contribution is 5.96. The summed E-state index contributed by atoms with van der Waals surface area (Å²) in [7, 11) is 0. The van der Waals surface area contributed by atoms with Crippen LogP contribution in [0.3, 0.4) is 0 Å². The van der Waals surface area contributed by atoms with Crippen LogP contribution in [0, 0.1) is 0 Å². The molecule has 0 saturated heterocycles. The minimum absolute atomic E-state index is 0.157. The van der Waals surface area contributed by atoms with E-state index in [4.69, 9.17) is 0 Å². The van der Waals surface area contributed by atoms with E-state index in [1.165, 1.54) is 72.3 Å². The van der Waals surface area contributed by atoms with E-state index in [1.807, 2.05) is 0 Å². The van der Waals surface area contributed by atoms with Gasteiger partial charge in [0.05, 0.1) is 11.1 Å². The van der Waals surface area contributed by atoms with E-state index in [2.05, 4.69) is 303 Å². The largest absolute Gasteiger partial charge is 0.310 e. The zero-order valence-electron chi connectivity index (χ0n) is 40.5. The van der Waals surface area contributed by atoms with Gasteiger partial charge in [-0.25, -0.2) is 0 Å². The first-order valence-corrected chi connectivity index (χ1v) is 25.1. The molecule has 2 heteroatoms. The van der Waals surface area contributed by atoms with Crippen LogP contribution in [0.15, 0.2) is 279 Å². The normalized spacial score (nSPS) is 13.4. The molecule has 11 aromatic rings. The average Bonchev–Trinajstić information content (AvgIpc) is 3.88. The highest BCUT2D eigenvalue weighted by Crippen LogP contribution is 2.58. The lowest BCUT2D eigenvalue weighted by atomic mass is 9.67. The molecule has 342 valence electrons. The topological polar surface area (TPSA) is 6.48 Å². The summed E-state index contributed by atoms with van der Waals surface area (Å²) in [4.78, 5) is 4.93. The number of nitrogens with zero attached hydrogens (tertiary/aromatic N) is 2. The third-order valence-corrected chi connectivity index (χ3v) is 15.3. The number of rotatable bonds is 10. The monoisotopic (exact) mass is 920 g/mol. The standard InChI is InChI=1S/C70H52N2/c1-69(2)63-37-15-14-36-62(63)68-66(69)40-21-41-67(68)72(55-44-42-51(43-45-55)49-22-6-3-7-23-49)59-33-20-32-58(48-59)71(56-30-18-26-52(46-56)50-24-8-4-9-25-50)57-31-19-29-54(47-57)70(53-27-10-5-11-28-53)64-38-16-12-34-60(64)61-35-13-17-39-65(61)70/h3-48H,1-2H3. The summed E-state index contributed by atoms with van der Waals surface area (Å²) < 4.78 is 0. The summed E-state index contributed by atoms with van der Waals surface area (Å²) in [5, 5.41) is 0. The Bertz CT molecular complexity index is 3730. The van der Waals surface area contributed by atoms with Crippen LogP contribution in [0.5, 0.6) is 0 Å². The van der Waals surface area contributed by atoms with Gasteiger partial charge in [-0.2, -0.15) is 0 Å². The van der Waals surface area contributed by atoms with Crippen LogP contribution < -0.4 is 9.80 Å². The van der Waals surface area contributed by atoms with E-state index >= 15 is 0 Å². The predicted octanol–water partition coefficient (Wildman–Crippen LogP) is 18.6. The van der Waals surface area contributed by atoms with Crippen molar-refractivity contribution in [2.75, 3.05) is 9.80 Å². The van der Waals surface area contributed by atoms with Gasteiger partial charge >= 0.3 is 0 Å². The van der Waals surface area contributed by atoms with Crippen LogP contribution in [-0.4, -0.2) is 0 Å². The van der Waals surface area contributed by atoms with E-state index in [9.17, 15) is 0 Å². The van der Waals surface area contributed by atoms with E-state index in [-0.39, 0.29) is 5.41 Å². The fourth-order valence-corrected chi connectivity index (χ4v) is 12.0. The molecule has 72 heavy (non-hydrogen) atoms. The second-order valence-electron chi connectivity index (χ2n) is 19.6. The molecule has 0 amide bonds. The zero-order valence-corrected chi connectivity index (χ0v) is 40.5. The van der Waals surface area contributed by atoms with Crippen LogP contribution >= 0.6 is 0 Å². The van der Waals surface area contributed by atoms with Crippen LogP contribution in [-0.2, 0) is 10.8 Å². The summed E-state index contributed by atoms with van der Waals surface area (Å²) in [5.41, 5.74) is 23.4. The molecule has 11 aromatic carbocycles. The van der Waals surface area contributed by atoms with Crippen molar-refractivity contribution in [2.24, 2.45) is 0 Å². The summed E-state index contributed by atoms with van der Waals surface area (Å²) in [6.07, 6.45) is 0. The minimum Gasteiger partial charge on any atom is -0.310 e. The summed E-state index contributed by atoms with van der Waals surface area (Å²) >= 11 is 0. The van der Waals surface area contributed by atoms with Crippen LogP contribution in [0.1, 0.15) is 47.2 Å². The molecule has 2 nitrogen and oxygen atoms in total. The third-order valence-electron chi connectivity index (χ3n) is 15.3. The Hall–Kier alpha value is -8.98. The molecule has 0 N–H and O–H groups in total. The Morgan fingerprint density at radius 2 is 0.694 bits per heavy atom. The number of fused-ring (bicyclic) bond motifs is 6. The fraction of sp³-hybridized carbons (Fsp3) is 0.0571. The van der Waals surface area contributed by atoms with Gasteiger partial charge in [-0.1, -0.05) is 232 Å². The van der Waals surface area contributed by atoms with Gasteiger partial charge in [0, 0.05) is 39.4 Å². The number of hydrogen-bond acceptors (Lipinski definition) is 2. The molecular formula is C70H52N2. The molecule has 2 aliphatic rings. The molecule has 0 bridgehead atoms. The van der Waals surface area contributed by atoms with E-state index < -0.39 is 5.41 Å². The van der Waals surface area contributed by atoms with Crippen molar-refractivity contribution >= 4 is 34.1 Å². The van der Waals surface area contributed by atoms with Gasteiger partial charge in [0.25, 0.3) is 0 Å². The second-order valence-corrected chi connectivity index (χ2v) is 19.6. The smallest absolute Gasteiger partial charge is 0.0714 e. The van der Waals surface area contributed by atoms with E-state index in [1.54, 1.807) is 0 Å². The molecule has 0 fully saturated rings. The molecule has 0 radical (unpaired) electrons. The average molecular weight is 921 g/mol. The number of benzene rings is 11. The zero-order chi connectivity index (χ0) is 48.2. The Morgan fingerprint density at radius 1 is 0.264 bits per heavy atom. The lowest BCUT2D eigenvalue weighted by molar-refractivity contribution is 0.660. The third kappa shape index (κ3) is 6.94. The van der Waals surface area contributed by atoms with Gasteiger partial charge < -0.3 is 9.80 Å². The Labute approximate surface area is 423 Å². The van der Waals surface area contributed by atoms with Crippen molar-refractivity contribution < 1.29 is 0 Å². The van der Waals surface area contributed by atoms with Crippen molar-refractivity contribution in [1.29, 1.82) is 0 Å². The van der Waals surface area contributed by atoms with Crippen LogP contribution in [0.25, 0.3) is 44.5 Å². The van der Waals surface area contributed by atoms with Gasteiger partial charge in [0.15, 0.2) is 0 Å². The van der Waals surface area contributed by atoms with Gasteiger partial charge in [0.1, 0.15) is 0 Å². The quantitative estimate of drug-likeness (QED) is 0.135. The maximum absolute atomic E-state index is 2.47. The first-order chi connectivity index (χ1) is 35.5. The molecule has 0 unspecified atom stereocenters. The predicted molar refractivity (Wildman–Crippen MR) is 302 cm³/mol. The maximum Gasteiger partial charge on any atom is 0.0714 e. The van der Waals surface area contributed by atoms with Crippen molar-refractivity contribution in [1.82, 2.24) is 0 Å². The highest BCUT2D eigenvalue weighted by Gasteiger charge is 2.46. The molecule has 2 aliphatic carbocycles.